The number of carbonyl (C=O) groups excluding carboxylic acids is 1. The molecule has 2 aliphatic carbocycles. The van der Waals surface area contributed by atoms with E-state index in [1.165, 1.54) is 0 Å². The second-order valence-electron chi connectivity index (χ2n) is 5.14. The third kappa shape index (κ3) is 2.54. The molecule has 16 heavy (non-hydrogen) atoms. The fraction of sp³-hybridized carbons (Fsp3) is 0.833. The molecule has 0 heterocycles. The highest BCUT2D eigenvalue weighted by Crippen LogP contribution is 2.33. The summed E-state index contributed by atoms with van der Waals surface area (Å²) in [7, 11) is 0. The van der Waals surface area contributed by atoms with E-state index in [4.69, 9.17) is 0 Å². The van der Waals surface area contributed by atoms with Gasteiger partial charge in [0.05, 0.1) is 0 Å². The minimum atomic E-state index is -0.968. The molecule has 0 saturated heterocycles. The van der Waals surface area contributed by atoms with E-state index in [1.807, 2.05) is 0 Å². The summed E-state index contributed by atoms with van der Waals surface area (Å²) in [5.41, 5.74) is -0.968. The van der Waals surface area contributed by atoms with Crippen LogP contribution in [0.5, 0.6) is 0 Å². The molecule has 1 amide bonds. The van der Waals surface area contributed by atoms with Crippen LogP contribution in [0.4, 0.5) is 0 Å². The predicted molar refractivity (Wildman–Crippen MR) is 58.9 cm³/mol. The van der Waals surface area contributed by atoms with E-state index >= 15 is 0 Å². The Labute approximate surface area is 95.4 Å². The van der Waals surface area contributed by atoms with Crippen LogP contribution in [-0.4, -0.2) is 22.5 Å². The lowest BCUT2D eigenvalue weighted by Crippen LogP contribution is -2.55. The summed E-state index contributed by atoms with van der Waals surface area (Å²) in [5, 5.41) is 12.0. The van der Waals surface area contributed by atoms with Crippen molar-refractivity contribution in [2.45, 2.75) is 56.9 Å². The van der Waals surface area contributed by atoms with Gasteiger partial charge in [-0.2, -0.15) is 0 Å². The van der Waals surface area contributed by atoms with Gasteiger partial charge in [-0.1, -0.05) is 19.3 Å². The van der Waals surface area contributed by atoms with Crippen molar-refractivity contribution in [2.24, 2.45) is 5.92 Å². The van der Waals surface area contributed by atoms with Gasteiger partial charge in [0.1, 0.15) is 5.54 Å². The number of amides is 1. The molecule has 0 aromatic carbocycles. The summed E-state index contributed by atoms with van der Waals surface area (Å²) in [4.78, 5) is 23.0. The topological polar surface area (TPSA) is 66.4 Å². The summed E-state index contributed by atoms with van der Waals surface area (Å²) < 4.78 is 0. The Morgan fingerprint density at radius 1 is 1.19 bits per heavy atom. The van der Waals surface area contributed by atoms with Crippen LogP contribution in [0.2, 0.25) is 0 Å². The van der Waals surface area contributed by atoms with Gasteiger partial charge < -0.3 is 10.4 Å². The first-order chi connectivity index (χ1) is 7.62. The molecule has 2 saturated carbocycles. The van der Waals surface area contributed by atoms with Crippen LogP contribution >= 0.6 is 0 Å². The van der Waals surface area contributed by atoms with Crippen molar-refractivity contribution in [1.29, 1.82) is 0 Å². The maximum absolute atomic E-state index is 11.7. The normalized spacial score (nSPS) is 23.8. The molecular formula is C12H19NO3. The van der Waals surface area contributed by atoms with Crippen molar-refractivity contribution in [3.63, 3.8) is 0 Å². The smallest absolute Gasteiger partial charge is 0.329 e. The van der Waals surface area contributed by atoms with Crippen LogP contribution < -0.4 is 5.32 Å². The number of hydrogen-bond acceptors (Lipinski definition) is 2. The minimum absolute atomic E-state index is 0.0770. The number of aliphatic carboxylic acids is 1. The highest BCUT2D eigenvalue weighted by Gasteiger charge is 2.41. The summed E-state index contributed by atoms with van der Waals surface area (Å²) >= 11 is 0. The Morgan fingerprint density at radius 2 is 1.81 bits per heavy atom. The molecule has 2 fully saturated rings. The molecule has 2 rings (SSSR count). The van der Waals surface area contributed by atoms with Crippen LogP contribution in [-0.2, 0) is 9.59 Å². The fourth-order valence-corrected chi connectivity index (χ4v) is 2.45. The second-order valence-corrected chi connectivity index (χ2v) is 5.14. The van der Waals surface area contributed by atoms with Crippen LogP contribution in [0.3, 0.4) is 0 Å². The van der Waals surface area contributed by atoms with Crippen molar-refractivity contribution in [3.8, 4) is 0 Å². The largest absolute Gasteiger partial charge is 0.480 e. The maximum Gasteiger partial charge on any atom is 0.329 e. The van der Waals surface area contributed by atoms with Gasteiger partial charge in [-0.05, 0) is 31.6 Å². The van der Waals surface area contributed by atoms with E-state index in [9.17, 15) is 14.7 Å². The molecule has 0 bridgehead atoms. The SMILES string of the molecule is O=C(CC1CC1)NC1(C(=O)O)CCCCC1. The number of carbonyl (C=O) groups is 2. The van der Waals surface area contributed by atoms with E-state index in [2.05, 4.69) is 5.32 Å². The first-order valence-corrected chi connectivity index (χ1v) is 6.17. The molecule has 0 radical (unpaired) electrons. The zero-order valence-corrected chi connectivity index (χ0v) is 9.50. The first kappa shape index (κ1) is 11.4. The third-order valence-electron chi connectivity index (χ3n) is 3.67. The fourth-order valence-electron chi connectivity index (χ4n) is 2.45. The highest BCUT2D eigenvalue weighted by atomic mass is 16.4. The number of rotatable bonds is 4. The van der Waals surface area contributed by atoms with Crippen LogP contribution in [0, 0.1) is 5.92 Å². The lowest BCUT2D eigenvalue weighted by Gasteiger charge is -2.34. The molecule has 0 spiro atoms. The standard InChI is InChI=1S/C12H19NO3/c14-10(8-9-4-5-9)13-12(11(15)16)6-2-1-3-7-12/h9H,1-8H2,(H,13,14)(H,15,16). The number of carboxylic acid groups (broad SMARTS) is 1. The average molecular weight is 225 g/mol. The van der Waals surface area contributed by atoms with Crippen molar-refractivity contribution in [1.82, 2.24) is 5.32 Å². The van der Waals surface area contributed by atoms with Gasteiger partial charge in [-0.15, -0.1) is 0 Å². The molecule has 2 aliphatic rings. The molecule has 2 N–H and O–H groups in total. The van der Waals surface area contributed by atoms with Crippen LogP contribution in [0.15, 0.2) is 0 Å². The van der Waals surface area contributed by atoms with E-state index in [0.29, 0.717) is 25.2 Å². The molecule has 0 unspecified atom stereocenters. The maximum atomic E-state index is 11.7. The van der Waals surface area contributed by atoms with Gasteiger partial charge in [0.2, 0.25) is 5.91 Å². The summed E-state index contributed by atoms with van der Waals surface area (Å²) in [6, 6.07) is 0. The zero-order chi connectivity index (χ0) is 11.6. The number of nitrogens with one attached hydrogen (secondary N) is 1. The van der Waals surface area contributed by atoms with Gasteiger partial charge in [0, 0.05) is 6.42 Å². The molecule has 0 aromatic rings. The Balaban J connectivity index is 1.95. The van der Waals surface area contributed by atoms with Crippen molar-refractivity contribution < 1.29 is 14.7 Å². The quantitative estimate of drug-likeness (QED) is 0.765. The van der Waals surface area contributed by atoms with E-state index in [0.717, 1.165) is 32.1 Å². The van der Waals surface area contributed by atoms with Gasteiger partial charge in [0.15, 0.2) is 0 Å². The number of carboxylic acids is 1. The number of hydrogen-bond donors (Lipinski definition) is 2. The lowest BCUT2D eigenvalue weighted by molar-refractivity contribution is -0.149. The molecule has 0 aliphatic heterocycles. The molecule has 4 nitrogen and oxygen atoms in total. The molecule has 4 heteroatoms. The Morgan fingerprint density at radius 3 is 2.31 bits per heavy atom. The van der Waals surface area contributed by atoms with Crippen molar-refractivity contribution in [3.05, 3.63) is 0 Å². The molecular weight excluding hydrogens is 206 g/mol. The summed E-state index contributed by atoms with van der Waals surface area (Å²) in [6.45, 7) is 0. The molecule has 90 valence electrons. The lowest BCUT2D eigenvalue weighted by atomic mass is 9.81. The molecule has 0 atom stereocenters. The Hall–Kier alpha value is -1.06. The van der Waals surface area contributed by atoms with Crippen LogP contribution in [0.1, 0.15) is 51.4 Å². The average Bonchev–Trinajstić information content (AvgIpc) is 3.02. The Bertz CT molecular complexity index is 291. The summed E-state index contributed by atoms with van der Waals surface area (Å²) in [5.74, 6) is -0.433. The van der Waals surface area contributed by atoms with Crippen molar-refractivity contribution in [2.75, 3.05) is 0 Å². The first-order valence-electron chi connectivity index (χ1n) is 6.17. The van der Waals surface area contributed by atoms with Gasteiger partial charge in [-0.3, -0.25) is 4.79 Å². The Kier molecular flexibility index (Phi) is 3.17. The van der Waals surface area contributed by atoms with Gasteiger partial charge in [0.25, 0.3) is 0 Å². The van der Waals surface area contributed by atoms with Crippen LogP contribution in [0.25, 0.3) is 0 Å². The molecule has 0 aromatic heterocycles. The predicted octanol–water partition coefficient (Wildman–Crippen LogP) is 1.69. The zero-order valence-electron chi connectivity index (χ0n) is 9.50. The monoisotopic (exact) mass is 225 g/mol. The van der Waals surface area contributed by atoms with Gasteiger partial charge in [-0.25, -0.2) is 4.79 Å². The van der Waals surface area contributed by atoms with Crippen molar-refractivity contribution >= 4 is 11.9 Å². The van der Waals surface area contributed by atoms with E-state index in [1.54, 1.807) is 0 Å². The second kappa shape index (κ2) is 4.44. The van der Waals surface area contributed by atoms with Gasteiger partial charge >= 0.3 is 5.97 Å². The third-order valence-corrected chi connectivity index (χ3v) is 3.67. The minimum Gasteiger partial charge on any atom is -0.480 e. The highest BCUT2D eigenvalue weighted by molar-refractivity contribution is 5.87. The van der Waals surface area contributed by atoms with E-state index < -0.39 is 11.5 Å². The van der Waals surface area contributed by atoms with E-state index in [-0.39, 0.29) is 5.91 Å². The summed E-state index contributed by atoms with van der Waals surface area (Å²) in [6.07, 6.45) is 6.78.